The number of allylic oxidation sites excluding steroid dienone is 12. The maximum Gasteiger partial charge on any atom is 0.0718 e. The van der Waals surface area contributed by atoms with E-state index in [0.29, 0.717) is 0 Å². The van der Waals surface area contributed by atoms with Gasteiger partial charge in [-0.05, 0) is 122 Å². The molecule has 0 radical (unpaired) electrons. The smallest absolute Gasteiger partial charge is 0.0718 e. The Labute approximate surface area is 667 Å². The summed E-state index contributed by atoms with van der Waals surface area (Å²) in [4.78, 5) is 0. The second kappa shape index (κ2) is 39.7. The van der Waals surface area contributed by atoms with E-state index in [0.717, 1.165) is 49.4 Å². The molecule has 0 spiro atoms. The number of hydrogen-bond acceptors (Lipinski definition) is 24. The van der Waals surface area contributed by atoms with Crippen LogP contribution < -0.4 is 0 Å². The van der Waals surface area contributed by atoms with Gasteiger partial charge in [0.05, 0.1) is 93.2 Å². The molecule has 12 rings (SSSR count). The molecule has 0 N–H and O–H groups in total. The molecule has 0 amide bonds. The second-order valence-corrected chi connectivity index (χ2v) is 54.3. The summed E-state index contributed by atoms with van der Waals surface area (Å²) in [6.45, 7) is 18.9. The first-order valence-corrected chi connectivity index (χ1v) is 53.8. The van der Waals surface area contributed by atoms with Crippen molar-refractivity contribution in [2.75, 3.05) is 23.0 Å². The van der Waals surface area contributed by atoms with Crippen LogP contribution in [0, 0.1) is 23.7 Å². The molecule has 0 saturated heterocycles. The van der Waals surface area contributed by atoms with E-state index >= 15 is 0 Å². The molecule has 0 aromatic carbocycles. The molecule has 24 heteroatoms. The lowest BCUT2D eigenvalue weighted by molar-refractivity contribution is 0.500. The van der Waals surface area contributed by atoms with E-state index in [9.17, 15) is 0 Å². The van der Waals surface area contributed by atoms with Gasteiger partial charge in [-0.25, -0.2) is 0 Å². The van der Waals surface area contributed by atoms with E-state index in [1.165, 1.54) is 224 Å². The van der Waals surface area contributed by atoms with Crippen molar-refractivity contribution in [3.05, 3.63) is 164 Å². The fourth-order valence-electron chi connectivity index (χ4n) is 10.9. The van der Waals surface area contributed by atoms with Crippen molar-refractivity contribution >= 4 is 282 Å². The summed E-state index contributed by atoms with van der Waals surface area (Å²) in [7, 11) is 0. The molecule has 10 aliphatic heterocycles. The van der Waals surface area contributed by atoms with Crippen molar-refractivity contribution in [1.82, 2.24) is 0 Å². The summed E-state index contributed by atoms with van der Waals surface area (Å²) in [5.41, 5.74) is 6.09. The van der Waals surface area contributed by atoms with Gasteiger partial charge in [-0.15, -0.1) is 47.0 Å². The number of rotatable bonds is 30. The monoisotopic (exact) mass is 1690 g/mol. The molecule has 508 valence electrons. The van der Waals surface area contributed by atoms with Crippen molar-refractivity contribution < 1.29 is 0 Å². The SMILES string of the molecule is CCCCC(CC)CSC1=C(SCC(CC)CCCC)SC(=CC=C2SC3=C(S2)SC(=C2C=CC(=C4SC5=C(S4)SC(=C4SC6=C(SC(=C7C=CC(=C8SC9=C(SC(=CC=C%10SC(SCC(CC)CCCC)=C(SCC(CC)CCCC)S%10)S9)S8)CC7)S6)S4)S5)CC2)S3)S1. The van der Waals surface area contributed by atoms with Gasteiger partial charge in [-0.2, -0.15) is 0 Å². The van der Waals surface area contributed by atoms with Crippen molar-refractivity contribution in [3.63, 3.8) is 0 Å². The summed E-state index contributed by atoms with van der Waals surface area (Å²) in [6, 6.07) is 0. The number of thioether (sulfide) groups is 24. The molecule has 0 aromatic heterocycles. The minimum absolute atomic E-state index is 0.824. The molecule has 0 fully saturated rings. The largest absolute Gasteiger partial charge is 0.117 e. The van der Waals surface area contributed by atoms with Gasteiger partial charge in [0.15, 0.2) is 0 Å². The average Bonchev–Trinajstić information content (AvgIpc) is 1.63. The summed E-state index contributed by atoms with van der Waals surface area (Å²) < 4.78 is 32.9. The lowest BCUT2D eigenvalue weighted by Crippen LogP contribution is -2.03. The summed E-state index contributed by atoms with van der Waals surface area (Å²) in [5, 5.41) is 0. The highest BCUT2D eigenvalue weighted by Crippen LogP contribution is 2.75. The van der Waals surface area contributed by atoms with Gasteiger partial charge in [0.2, 0.25) is 0 Å². The molecule has 2 aliphatic carbocycles. The lowest BCUT2D eigenvalue weighted by atomic mass is 10.00. The Bertz CT molecular complexity index is 3060. The molecular weight excluding hydrogens is 1610 g/mol. The van der Waals surface area contributed by atoms with Crippen molar-refractivity contribution in [2.24, 2.45) is 23.7 Å². The first-order valence-electron chi connectivity index (χ1n) is 33.5. The van der Waals surface area contributed by atoms with E-state index in [2.05, 4.69) is 151 Å². The lowest BCUT2D eigenvalue weighted by Gasteiger charge is -2.16. The van der Waals surface area contributed by atoms with Gasteiger partial charge in [0, 0.05) is 23.0 Å². The Hall–Kier alpha value is 3.98. The highest BCUT2D eigenvalue weighted by molar-refractivity contribution is 8.52. The highest BCUT2D eigenvalue weighted by atomic mass is 32.3. The second-order valence-electron chi connectivity index (χ2n) is 23.8. The maximum atomic E-state index is 2.45. The predicted octanol–water partition coefficient (Wildman–Crippen LogP) is 34.4. The van der Waals surface area contributed by atoms with Gasteiger partial charge in [-0.3, -0.25) is 0 Å². The van der Waals surface area contributed by atoms with E-state index < -0.39 is 0 Å². The van der Waals surface area contributed by atoms with Crippen LogP contribution in [0.15, 0.2) is 164 Å². The molecule has 0 aromatic rings. The summed E-state index contributed by atoms with van der Waals surface area (Å²) in [5.74, 6) is 8.32. The third kappa shape index (κ3) is 21.2. The predicted molar refractivity (Wildman–Crippen MR) is 481 cm³/mol. The average molecular weight is 1700 g/mol. The topological polar surface area (TPSA) is 0 Å². The number of hydrogen-bond donors (Lipinski definition) is 0. The van der Waals surface area contributed by atoms with Gasteiger partial charge >= 0.3 is 0 Å². The zero-order chi connectivity index (χ0) is 64.9. The molecule has 0 bridgehead atoms. The van der Waals surface area contributed by atoms with Crippen LogP contribution in [0.2, 0.25) is 0 Å². The minimum Gasteiger partial charge on any atom is -0.117 e. The van der Waals surface area contributed by atoms with Crippen LogP contribution in [0.1, 0.15) is 184 Å². The first kappa shape index (κ1) is 77.6. The van der Waals surface area contributed by atoms with Crippen molar-refractivity contribution in [1.29, 1.82) is 0 Å². The Balaban J connectivity index is 0.574. The van der Waals surface area contributed by atoms with Gasteiger partial charge in [0.1, 0.15) is 0 Å². The fraction of sp³-hybridized carbons (Fsp3) is 0.514. The molecule has 0 saturated carbocycles. The van der Waals surface area contributed by atoms with Gasteiger partial charge < -0.3 is 0 Å². The van der Waals surface area contributed by atoms with Gasteiger partial charge in [-0.1, -0.05) is 392 Å². The minimum atomic E-state index is 0.824. The quantitative estimate of drug-likeness (QED) is 0.0669. The Morgan fingerprint density at radius 1 is 0.266 bits per heavy atom. The molecule has 4 atom stereocenters. The molecule has 94 heavy (non-hydrogen) atoms. The Kier molecular flexibility index (Phi) is 32.8. The third-order valence-corrected chi connectivity index (χ3v) is 52.0. The van der Waals surface area contributed by atoms with E-state index in [-0.39, 0.29) is 0 Å². The van der Waals surface area contributed by atoms with Crippen LogP contribution >= 0.6 is 282 Å². The molecular formula is C70H84S24. The van der Waals surface area contributed by atoms with Crippen molar-refractivity contribution in [2.45, 2.75) is 184 Å². The van der Waals surface area contributed by atoms with Crippen molar-refractivity contribution in [3.8, 4) is 0 Å². The van der Waals surface area contributed by atoms with E-state index in [1.807, 2.05) is 235 Å². The van der Waals surface area contributed by atoms with Crippen LogP contribution in [0.5, 0.6) is 0 Å². The normalized spacial score (nSPS) is 22.7. The molecule has 4 unspecified atom stereocenters. The van der Waals surface area contributed by atoms with Gasteiger partial charge in [0.25, 0.3) is 0 Å². The molecule has 10 heterocycles. The Morgan fingerprint density at radius 3 is 0.649 bits per heavy atom. The molecule has 12 aliphatic rings. The Morgan fingerprint density at radius 2 is 0.457 bits per heavy atom. The summed E-state index contributed by atoms with van der Waals surface area (Å²) in [6.07, 6.45) is 45.3. The molecule has 0 nitrogen and oxygen atoms in total. The zero-order valence-electron chi connectivity index (χ0n) is 54.7. The van der Waals surface area contributed by atoms with E-state index in [4.69, 9.17) is 0 Å². The highest BCUT2D eigenvalue weighted by Gasteiger charge is 2.40. The standard InChI is InChI=1S/C70H84S24/c1-9-17-21-41(13-5)37-71-57-58(72-38-42(14-6)22-18-10-2)76-49(75-57)33-35-51-79-61-62(80-51)84-53(83-61)45-25-29-47(30-26-45)55-87-65-66(88-55)92-69(91-65)70-93-67-68(94-70)90-56(89-67)48-31-27-46(28-32-48)54-85-63-64(86-54)82-52(81-63)36-34-50-77-59(73-39-43(15-7)23-19-11-3)60(78-50)74-40-44(16-8)24-20-12-4/h25,27,29,31,33-36,41-44H,9-24,26,28,30,32,37-40H2,1-8H3. The van der Waals surface area contributed by atoms with Crippen LogP contribution in [0.4, 0.5) is 0 Å². The fourth-order valence-corrected chi connectivity index (χ4v) is 49.0. The summed E-state index contributed by atoms with van der Waals surface area (Å²) >= 11 is 49.1. The third-order valence-electron chi connectivity index (χ3n) is 17.0. The zero-order valence-corrected chi connectivity index (χ0v) is 74.3. The van der Waals surface area contributed by atoms with Crippen LogP contribution in [0.3, 0.4) is 0 Å². The maximum absolute atomic E-state index is 2.45. The van der Waals surface area contributed by atoms with Crippen LogP contribution in [-0.4, -0.2) is 23.0 Å². The first-order chi connectivity index (χ1) is 46.1. The van der Waals surface area contributed by atoms with Crippen LogP contribution in [0.25, 0.3) is 0 Å². The number of unbranched alkanes of at least 4 members (excludes halogenated alkanes) is 4. The van der Waals surface area contributed by atoms with Crippen LogP contribution in [-0.2, 0) is 0 Å². The van der Waals surface area contributed by atoms with E-state index in [1.54, 1.807) is 16.9 Å².